The van der Waals surface area contributed by atoms with Gasteiger partial charge in [-0.2, -0.15) is 16.9 Å². The van der Waals surface area contributed by atoms with Crippen LogP contribution in [0.5, 0.6) is 0 Å². The summed E-state index contributed by atoms with van der Waals surface area (Å²) in [4.78, 5) is 19.5. The van der Waals surface area contributed by atoms with Crippen molar-refractivity contribution in [3.63, 3.8) is 0 Å². The van der Waals surface area contributed by atoms with Gasteiger partial charge in [-0.3, -0.25) is 9.89 Å². The topological polar surface area (TPSA) is 92.8 Å². The van der Waals surface area contributed by atoms with Gasteiger partial charge >= 0.3 is 5.97 Å². The lowest BCUT2D eigenvalue weighted by atomic mass is 10.2. The van der Waals surface area contributed by atoms with Crippen molar-refractivity contribution in [2.75, 3.05) is 18.2 Å². The highest BCUT2D eigenvalue weighted by molar-refractivity contribution is 7.98. The molecule has 24 heavy (non-hydrogen) atoms. The van der Waals surface area contributed by atoms with E-state index in [0.29, 0.717) is 17.9 Å². The van der Waals surface area contributed by atoms with Gasteiger partial charge in [0.1, 0.15) is 12.1 Å². The van der Waals surface area contributed by atoms with E-state index < -0.39 is 0 Å². The minimum atomic E-state index is -0.175. The number of hydrogen-bond donors (Lipinski definition) is 2. The number of nitrogens with one attached hydrogen (secondary N) is 2. The first-order valence-electron chi connectivity index (χ1n) is 7.41. The number of rotatable bonds is 7. The predicted molar refractivity (Wildman–Crippen MR) is 94.2 cm³/mol. The number of anilines is 2. The zero-order valence-electron chi connectivity index (χ0n) is 13.2. The standard InChI is InChI=1S/C16H17N5O2S/c1-23-14(22)5-6-24-9-11-3-2-4-12(7-11)20-15-13-8-19-21-16(13)18-10-17-15/h2-4,7-8,10H,5-6,9H2,1H3,(H2,17,18,19,20,21). The average molecular weight is 343 g/mol. The van der Waals surface area contributed by atoms with Gasteiger partial charge in [0.2, 0.25) is 0 Å². The summed E-state index contributed by atoms with van der Waals surface area (Å²) in [6.07, 6.45) is 3.62. The first-order valence-corrected chi connectivity index (χ1v) is 8.56. The van der Waals surface area contributed by atoms with Gasteiger partial charge < -0.3 is 10.1 Å². The normalized spacial score (nSPS) is 10.7. The lowest BCUT2D eigenvalue weighted by Gasteiger charge is -2.08. The van der Waals surface area contributed by atoms with Crippen molar-refractivity contribution in [3.05, 3.63) is 42.4 Å². The van der Waals surface area contributed by atoms with Gasteiger partial charge in [-0.05, 0) is 17.7 Å². The van der Waals surface area contributed by atoms with Gasteiger partial charge in [0.05, 0.1) is 25.1 Å². The summed E-state index contributed by atoms with van der Waals surface area (Å²) < 4.78 is 4.63. The molecule has 0 unspecified atom stereocenters. The van der Waals surface area contributed by atoms with Crippen LogP contribution in [0.2, 0.25) is 0 Å². The van der Waals surface area contributed by atoms with Crippen molar-refractivity contribution in [3.8, 4) is 0 Å². The van der Waals surface area contributed by atoms with Crippen LogP contribution in [0.4, 0.5) is 11.5 Å². The molecule has 2 heterocycles. The molecular formula is C16H17N5O2S. The lowest BCUT2D eigenvalue weighted by Crippen LogP contribution is -2.01. The minimum absolute atomic E-state index is 0.175. The number of nitrogens with zero attached hydrogens (tertiary/aromatic N) is 3. The average Bonchev–Trinajstić information content (AvgIpc) is 3.09. The van der Waals surface area contributed by atoms with E-state index in [1.165, 1.54) is 19.0 Å². The summed E-state index contributed by atoms with van der Waals surface area (Å²) in [6.45, 7) is 0. The number of methoxy groups -OCH3 is 1. The van der Waals surface area contributed by atoms with Crippen molar-refractivity contribution >= 4 is 40.3 Å². The Morgan fingerprint density at radius 3 is 3.17 bits per heavy atom. The molecule has 0 atom stereocenters. The minimum Gasteiger partial charge on any atom is -0.469 e. The highest BCUT2D eigenvalue weighted by atomic mass is 32.2. The van der Waals surface area contributed by atoms with E-state index in [0.717, 1.165) is 22.6 Å². The van der Waals surface area contributed by atoms with E-state index in [1.54, 1.807) is 18.0 Å². The molecule has 2 aromatic heterocycles. The Hall–Kier alpha value is -2.61. The molecule has 8 heteroatoms. The maximum absolute atomic E-state index is 11.1. The quantitative estimate of drug-likeness (QED) is 0.503. The molecule has 0 aliphatic heterocycles. The molecule has 0 aliphatic rings. The predicted octanol–water partition coefficient (Wildman–Crippen LogP) is 2.89. The SMILES string of the molecule is COC(=O)CCSCc1cccc(Nc2ncnc3[nH]ncc23)c1. The Morgan fingerprint density at radius 1 is 1.38 bits per heavy atom. The monoisotopic (exact) mass is 343 g/mol. The summed E-state index contributed by atoms with van der Waals surface area (Å²) >= 11 is 1.70. The Kier molecular flexibility index (Phi) is 5.27. The van der Waals surface area contributed by atoms with Crippen molar-refractivity contribution in [1.82, 2.24) is 20.2 Å². The second-order valence-corrected chi connectivity index (χ2v) is 6.16. The van der Waals surface area contributed by atoms with Crippen molar-refractivity contribution in [1.29, 1.82) is 0 Å². The fraction of sp³-hybridized carbons (Fsp3) is 0.250. The molecule has 7 nitrogen and oxygen atoms in total. The summed E-state index contributed by atoms with van der Waals surface area (Å²) in [6, 6.07) is 8.10. The molecule has 3 aromatic rings. The Bertz CT molecular complexity index is 836. The van der Waals surface area contributed by atoms with Crippen LogP contribution in [-0.4, -0.2) is 39.0 Å². The first kappa shape index (κ1) is 16.3. The molecule has 0 fully saturated rings. The molecule has 2 N–H and O–H groups in total. The fourth-order valence-electron chi connectivity index (χ4n) is 2.19. The maximum Gasteiger partial charge on any atom is 0.306 e. The molecule has 0 aliphatic carbocycles. The fourth-order valence-corrected chi connectivity index (χ4v) is 3.06. The molecule has 0 saturated heterocycles. The van der Waals surface area contributed by atoms with E-state index in [1.807, 2.05) is 12.1 Å². The summed E-state index contributed by atoms with van der Waals surface area (Å²) in [5, 5.41) is 10.9. The van der Waals surface area contributed by atoms with Crippen molar-refractivity contribution < 1.29 is 9.53 Å². The number of carbonyl (C=O) groups is 1. The number of ether oxygens (including phenoxy) is 1. The Balaban J connectivity index is 1.63. The highest BCUT2D eigenvalue weighted by Crippen LogP contribution is 2.23. The first-order chi connectivity index (χ1) is 11.8. The third kappa shape index (κ3) is 4.02. The van der Waals surface area contributed by atoms with E-state index in [-0.39, 0.29) is 5.97 Å². The van der Waals surface area contributed by atoms with Gasteiger partial charge in [0, 0.05) is 17.2 Å². The molecule has 0 bridgehead atoms. The van der Waals surface area contributed by atoms with Crippen LogP contribution in [0.3, 0.4) is 0 Å². The summed E-state index contributed by atoms with van der Waals surface area (Å²) in [5.41, 5.74) is 2.82. The van der Waals surface area contributed by atoms with E-state index in [9.17, 15) is 4.79 Å². The number of carbonyl (C=O) groups excluding carboxylic acids is 1. The molecule has 0 radical (unpaired) electrons. The smallest absolute Gasteiger partial charge is 0.306 e. The van der Waals surface area contributed by atoms with Gasteiger partial charge in [-0.25, -0.2) is 9.97 Å². The largest absolute Gasteiger partial charge is 0.469 e. The summed E-state index contributed by atoms with van der Waals surface area (Å²) in [5.74, 6) is 2.11. The van der Waals surface area contributed by atoms with Crippen LogP contribution in [-0.2, 0) is 15.3 Å². The molecule has 1 aromatic carbocycles. The number of thioether (sulfide) groups is 1. The Morgan fingerprint density at radius 2 is 2.29 bits per heavy atom. The van der Waals surface area contributed by atoms with Gasteiger partial charge in [-0.1, -0.05) is 12.1 Å². The molecule has 0 saturated carbocycles. The summed E-state index contributed by atoms with van der Waals surface area (Å²) in [7, 11) is 1.41. The number of hydrogen-bond acceptors (Lipinski definition) is 7. The number of aromatic nitrogens is 4. The van der Waals surface area contributed by atoms with Crippen molar-refractivity contribution in [2.45, 2.75) is 12.2 Å². The molecule has 124 valence electrons. The zero-order valence-corrected chi connectivity index (χ0v) is 14.0. The van der Waals surface area contributed by atoms with E-state index >= 15 is 0 Å². The van der Waals surface area contributed by atoms with Gasteiger partial charge in [0.25, 0.3) is 0 Å². The second kappa shape index (κ2) is 7.78. The maximum atomic E-state index is 11.1. The van der Waals surface area contributed by atoms with E-state index in [4.69, 9.17) is 0 Å². The highest BCUT2D eigenvalue weighted by Gasteiger charge is 2.06. The molecule has 3 rings (SSSR count). The van der Waals surface area contributed by atoms with Crippen LogP contribution in [0.15, 0.2) is 36.8 Å². The zero-order chi connectivity index (χ0) is 16.8. The third-order valence-electron chi connectivity index (χ3n) is 3.38. The number of benzene rings is 1. The van der Waals surface area contributed by atoms with Gasteiger partial charge in [0.15, 0.2) is 5.65 Å². The van der Waals surface area contributed by atoms with Crippen LogP contribution in [0.1, 0.15) is 12.0 Å². The van der Waals surface area contributed by atoms with Crippen LogP contribution in [0.25, 0.3) is 11.0 Å². The lowest BCUT2D eigenvalue weighted by molar-refractivity contribution is -0.140. The van der Waals surface area contributed by atoms with Crippen LogP contribution < -0.4 is 5.32 Å². The van der Waals surface area contributed by atoms with E-state index in [2.05, 4.69) is 42.4 Å². The molecule has 0 spiro atoms. The molecule has 0 amide bonds. The molecular weight excluding hydrogens is 326 g/mol. The number of aromatic amines is 1. The Labute approximate surface area is 143 Å². The van der Waals surface area contributed by atoms with Crippen molar-refractivity contribution in [2.24, 2.45) is 0 Å². The number of fused-ring (bicyclic) bond motifs is 1. The third-order valence-corrected chi connectivity index (χ3v) is 4.41. The number of esters is 1. The second-order valence-electron chi connectivity index (χ2n) is 5.06. The van der Waals surface area contributed by atoms with Crippen LogP contribution in [0, 0.1) is 0 Å². The number of H-pyrrole nitrogens is 1. The van der Waals surface area contributed by atoms with Gasteiger partial charge in [-0.15, -0.1) is 0 Å². The van der Waals surface area contributed by atoms with Crippen LogP contribution >= 0.6 is 11.8 Å².